The van der Waals surface area contributed by atoms with Gasteiger partial charge in [0.15, 0.2) is 0 Å². The molecule has 0 aliphatic carbocycles. The number of benzene rings is 1. The van der Waals surface area contributed by atoms with Gasteiger partial charge in [0.1, 0.15) is 23.4 Å². The van der Waals surface area contributed by atoms with Crippen LogP contribution in [-0.4, -0.2) is 58.6 Å². The smallest absolute Gasteiger partial charge is 0.120 e. The standard InChI is InChI=1S/C14H20N2O3S/c15-14(20)10-2-1-3-13(6-10)19-9-12(18)8-16-5-4-11(17)7-16/h1-3,6,11-12,17-18H,4-5,7-9H2,(H2,15,20). The van der Waals surface area contributed by atoms with Crippen LogP contribution in [0.2, 0.25) is 0 Å². The van der Waals surface area contributed by atoms with Crippen LogP contribution in [0.5, 0.6) is 5.75 Å². The lowest BCUT2D eigenvalue weighted by molar-refractivity contribution is 0.0707. The van der Waals surface area contributed by atoms with Crippen molar-refractivity contribution in [1.29, 1.82) is 0 Å². The largest absolute Gasteiger partial charge is 0.491 e. The second kappa shape index (κ2) is 6.99. The maximum absolute atomic E-state index is 9.94. The summed E-state index contributed by atoms with van der Waals surface area (Å²) in [6.45, 7) is 2.14. The summed E-state index contributed by atoms with van der Waals surface area (Å²) in [5, 5.41) is 19.4. The summed E-state index contributed by atoms with van der Waals surface area (Å²) in [5.41, 5.74) is 6.30. The molecule has 5 nitrogen and oxygen atoms in total. The van der Waals surface area contributed by atoms with E-state index < -0.39 is 6.10 Å². The summed E-state index contributed by atoms with van der Waals surface area (Å²) in [6.07, 6.45) is -0.0945. The van der Waals surface area contributed by atoms with E-state index in [0.717, 1.165) is 18.5 Å². The summed E-state index contributed by atoms with van der Waals surface area (Å²) in [7, 11) is 0. The summed E-state index contributed by atoms with van der Waals surface area (Å²) >= 11 is 4.91. The van der Waals surface area contributed by atoms with Gasteiger partial charge in [0.25, 0.3) is 0 Å². The lowest BCUT2D eigenvalue weighted by Gasteiger charge is -2.19. The number of aliphatic hydroxyl groups is 2. The summed E-state index contributed by atoms with van der Waals surface area (Å²) in [4.78, 5) is 2.35. The molecule has 2 atom stereocenters. The Kier molecular flexibility index (Phi) is 5.31. The summed E-state index contributed by atoms with van der Waals surface area (Å²) in [6, 6.07) is 7.19. The van der Waals surface area contributed by atoms with Crippen LogP contribution in [0, 0.1) is 0 Å². The monoisotopic (exact) mass is 296 g/mol. The number of thiocarbonyl (C=S) groups is 1. The molecule has 0 bridgehead atoms. The van der Waals surface area contributed by atoms with Gasteiger partial charge in [-0.1, -0.05) is 24.4 Å². The molecule has 0 saturated carbocycles. The first kappa shape index (κ1) is 15.2. The molecule has 110 valence electrons. The molecule has 1 saturated heterocycles. The second-order valence-electron chi connectivity index (χ2n) is 5.06. The molecule has 1 aromatic carbocycles. The maximum atomic E-state index is 9.94. The van der Waals surface area contributed by atoms with Crippen molar-refractivity contribution in [3.05, 3.63) is 29.8 Å². The average molecular weight is 296 g/mol. The Morgan fingerprint density at radius 3 is 3.00 bits per heavy atom. The Labute approximate surface area is 124 Å². The summed E-state index contributed by atoms with van der Waals surface area (Å²) in [5.74, 6) is 0.635. The van der Waals surface area contributed by atoms with Crippen molar-refractivity contribution in [3.8, 4) is 5.75 Å². The van der Waals surface area contributed by atoms with E-state index in [1.54, 1.807) is 12.1 Å². The highest BCUT2D eigenvalue weighted by Crippen LogP contribution is 2.14. The maximum Gasteiger partial charge on any atom is 0.120 e. The first-order valence-electron chi connectivity index (χ1n) is 6.66. The zero-order valence-electron chi connectivity index (χ0n) is 11.2. The Morgan fingerprint density at radius 1 is 1.55 bits per heavy atom. The Balaban J connectivity index is 1.79. The van der Waals surface area contributed by atoms with Crippen molar-refractivity contribution in [3.63, 3.8) is 0 Å². The van der Waals surface area contributed by atoms with Gasteiger partial charge < -0.3 is 20.7 Å². The van der Waals surface area contributed by atoms with Gasteiger partial charge in [-0.05, 0) is 18.6 Å². The molecule has 6 heteroatoms. The fraction of sp³-hybridized carbons (Fsp3) is 0.500. The molecule has 2 rings (SSSR count). The van der Waals surface area contributed by atoms with Gasteiger partial charge >= 0.3 is 0 Å². The molecule has 1 fully saturated rings. The normalized spacial score (nSPS) is 20.8. The first-order chi connectivity index (χ1) is 9.54. The predicted molar refractivity (Wildman–Crippen MR) is 80.9 cm³/mol. The van der Waals surface area contributed by atoms with E-state index in [9.17, 15) is 10.2 Å². The van der Waals surface area contributed by atoms with Gasteiger partial charge in [0, 0.05) is 25.2 Å². The number of β-amino-alcohol motifs (C(OH)–C–C–N with tert-alkyl or cyclic N) is 2. The third-order valence-electron chi connectivity index (χ3n) is 3.28. The van der Waals surface area contributed by atoms with Gasteiger partial charge in [-0.25, -0.2) is 0 Å². The molecule has 1 aliphatic rings. The molecule has 0 aromatic heterocycles. The molecule has 0 spiro atoms. The Bertz CT molecular complexity index is 469. The first-order valence-corrected chi connectivity index (χ1v) is 7.06. The van der Waals surface area contributed by atoms with Crippen LogP contribution in [0.1, 0.15) is 12.0 Å². The SMILES string of the molecule is NC(=S)c1cccc(OCC(O)CN2CCC(O)C2)c1. The average Bonchev–Trinajstić information content (AvgIpc) is 2.82. The highest BCUT2D eigenvalue weighted by molar-refractivity contribution is 7.80. The topological polar surface area (TPSA) is 79.0 Å². The highest BCUT2D eigenvalue weighted by Gasteiger charge is 2.22. The third kappa shape index (κ3) is 4.42. The molecule has 1 heterocycles. The number of hydrogen-bond acceptors (Lipinski definition) is 5. The van der Waals surface area contributed by atoms with Crippen molar-refractivity contribution in [2.45, 2.75) is 18.6 Å². The molecule has 20 heavy (non-hydrogen) atoms. The van der Waals surface area contributed by atoms with E-state index in [-0.39, 0.29) is 12.7 Å². The molecule has 4 N–H and O–H groups in total. The predicted octanol–water partition coefficient (Wildman–Crippen LogP) is 0.127. The molecular formula is C14H20N2O3S. The molecule has 0 amide bonds. The molecule has 1 aliphatic heterocycles. The number of rotatable bonds is 6. The van der Waals surface area contributed by atoms with Crippen molar-refractivity contribution in [2.24, 2.45) is 5.73 Å². The third-order valence-corrected chi connectivity index (χ3v) is 3.51. The lowest BCUT2D eigenvalue weighted by Crippen LogP contribution is -2.34. The number of nitrogens with two attached hydrogens (primary N) is 1. The lowest BCUT2D eigenvalue weighted by atomic mass is 10.2. The molecule has 1 aromatic rings. The Hall–Kier alpha value is -1.21. The highest BCUT2D eigenvalue weighted by atomic mass is 32.1. The zero-order valence-corrected chi connectivity index (χ0v) is 12.1. The van der Waals surface area contributed by atoms with E-state index in [1.165, 1.54) is 0 Å². The number of ether oxygens (including phenoxy) is 1. The van der Waals surface area contributed by atoms with E-state index in [1.807, 2.05) is 17.0 Å². The van der Waals surface area contributed by atoms with Gasteiger partial charge in [-0.2, -0.15) is 0 Å². The Morgan fingerprint density at radius 2 is 2.35 bits per heavy atom. The van der Waals surface area contributed by atoms with Crippen LogP contribution >= 0.6 is 12.2 Å². The van der Waals surface area contributed by atoms with Crippen LogP contribution in [-0.2, 0) is 0 Å². The minimum Gasteiger partial charge on any atom is -0.491 e. The minimum atomic E-state index is -0.589. The van der Waals surface area contributed by atoms with Gasteiger partial charge in [0.2, 0.25) is 0 Å². The van der Waals surface area contributed by atoms with Crippen LogP contribution in [0.3, 0.4) is 0 Å². The quantitative estimate of drug-likeness (QED) is 0.648. The van der Waals surface area contributed by atoms with E-state index in [0.29, 0.717) is 23.8 Å². The fourth-order valence-corrected chi connectivity index (χ4v) is 2.39. The van der Waals surface area contributed by atoms with Crippen LogP contribution < -0.4 is 10.5 Å². The molecule has 0 radical (unpaired) electrons. The van der Waals surface area contributed by atoms with Gasteiger partial charge in [0.05, 0.1) is 6.10 Å². The van der Waals surface area contributed by atoms with E-state index in [4.69, 9.17) is 22.7 Å². The zero-order chi connectivity index (χ0) is 14.5. The summed E-state index contributed by atoms with van der Waals surface area (Å²) < 4.78 is 5.54. The second-order valence-corrected chi connectivity index (χ2v) is 5.50. The van der Waals surface area contributed by atoms with Crippen molar-refractivity contribution in [2.75, 3.05) is 26.2 Å². The van der Waals surface area contributed by atoms with Crippen molar-refractivity contribution >= 4 is 17.2 Å². The number of likely N-dealkylation sites (tertiary alicyclic amines) is 1. The van der Waals surface area contributed by atoms with Gasteiger partial charge in [-0.3, -0.25) is 4.90 Å². The van der Waals surface area contributed by atoms with Crippen molar-refractivity contribution < 1.29 is 14.9 Å². The minimum absolute atomic E-state index is 0.202. The van der Waals surface area contributed by atoms with E-state index in [2.05, 4.69) is 0 Å². The molecular weight excluding hydrogens is 276 g/mol. The van der Waals surface area contributed by atoms with Crippen molar-refractivity contribution in [1.82, 2.24) is 4.90 Å². The van der Waals surface area contributed by atoms with E-state index >= 15 is 0 Å². The van der Waals surface area contributed by atoms with Crippen LogP contribution in [0.25, 0.3) is 0 Å². The fourth-order valence-electron chi connectivity index (χ4n) is 2.26. The van der Waals surface area contributed by atoms with Crippen LogP contribution in [0.4, 0.5) is 0 Å². The number of nitrogens with zero attached hydrogens (tertiary/aromatic N) is 1. The number of hydrogen-bond donors (Lipinski definition) is 3. The number of aliphatic hydroxyl groups excluding tert-OH is 2. The van der Waals surface area contributed by atoms with Gasteiger partial charge in [-0.15, -0.1) is 0 Å². The van der Waals surface area contributed by atoms with Crippen LogP contribution in [0.15, 0.2) is 24.3 Å². The molecule has 2 unspecified atom stereocenters.